The van der Waals surface area contributed by atoms with Crippen molar-refractivity contribution in [1.29, 1.82) is 0 Å². The Kier molecular flexibility index (Phi) is 2.84. The van der Waals surface area contributed by atoms with E-state index in [1.165, 1.54) is 12.1 Å². The lowest BCUT2D eigenvalue weighted by molar-refractivity contribution is 0.599. The summed E-state index contributed by atoms with van der Waals surface area (Å²) < 4.78 is 38.6. The quantitative estimate of drug-likeness (QED) is 0.875. The molecule has 7 heteroatoms. The van der Waals surface area contributed by atoms with Gasteiger partial charge in [-0.3, -0.25) is 9.82 Å². The smallest absolute Gasteiger partial charge is 0.263 e. The van der Waals surface area contributed by atoms with Crippen molar-refractivity contribution in [3.05, 3.63) is 41.8 Å². The van der Waals surface area contributed by atoms with Crippen LogP contribution in [0.25, 0.3) is 0 Å². The van der Waals surface area contributed by atoms with E-state index in [1.54, 1.807) is 13.0 Å². The standard InChI is InChI=1S/C10H10FN3O2S/c1-7-6-10(13-12-7)14-17(15,16)9-4-2-8(11)3-5-9/h2-6H,1H3,(H2,12,13,14). The van der Waals surface area contributed by atoms with Gasteiger partial charge < -0.3 is 0 Å². The first-order chi connectivity index (χ1) is 7.97. The number of aromatic nitrogens is 2. The van der Waals surface area contributed by atoms with E-state index >= 15 is 0 Å². The highest BCUT2D eigenvalue weighted by atomic mass is 32.2. The average Bonchev–Trinajstić information content (AvgIpc) is 2.63. The monoisotopic (exact) mass is 255 g/mol. The molecule has 2 rings (SSSR count). The number of halogens is 1. The second-order valence-electron chi connectivity index (χ2n) is 3.50. The normalized spacial score (nSPS) is 11.4. The number of benzene rings is 1. The molecule has 0 aliphatic heterocycles. The fourth-order valence-corrected chi connectivity index (χ4v) is 2.27. The van der Waals surface area contributed by atoms with E-state index in [0.29, 0.717) is 0 Å². The molecule has 0 saturated heterocycles. The maximum atomic E-state index is 12.7. The van der Waals surface area contributed by atoms with E-state index in [9.17, 15) is 12.8 Å². The molecule has 2 aromatic rings. The third-order valence-corrected chi connectivity index (χ3v) is 3.44. The fraction of sp³-hybridized carbons (Fsp3) is 0.100. The van der Waals surface area contributed by atoms with Gasteiger partial charge in [-0.25, -0.2) is 12.8 Å². The summed E-state index contributed by atoms with van der Waals surface area (Å²) in [5.74, 6) is -0.286. The zero-order valence-electron chi connectivity index (χ0n) is 8.94. The maximum Gasteiger partial charge on any atom is 0.263 e. The minimum absolute atomic E-state index is 0.0143. The van der Waals surface area contributed by atoms with Crippen LogP contribution < -0.4 is 4.72 Å². The van der Waals surface area contributed by atoms with E-state index < -0.39 is 15.8 Å². The highest BCUT2D eigenvalue weighted by Crippen LogP contribution is 2.14. The Hall–Kier alpha value is -1.89. The van der Waals surface area contributed by atoms with E-state index in [2.05, 4.69) is 14.9 Å². The van der Waals surface area contributed by atoms with E-state index in [1.807, 2.05) is 0 Å². The van der Waals surface area contributed by atoms with Crippen LogP contribution in [0.4, 0.5) is 10.2 Å². The van der Waals surface area contributed by atoms with Crippen LogP contribution in [0.15, 0.2) is 35.2 Å². The molecule has 0 aliphatic carbocycles. The van der Waals surface area contributed by atoms with Crippen molar-refractivity contribution in [1.82, 2.24) is 10.2 Å². The summed E-state index contributed by atoms with van der Waals surface area (Å²) in [4.78, 5) is -0.0143. The van der Waals surface area contributed by atoms with Gasteiger partial charge in [-0.05, 0) is 31.2 Å². The van der Waals surface area contributed by atoms with E-state index in [4.69, 9.17) is 0 Å². The van der Waals surface area contributed by atoms with Gasteiger partial charge in [-0.15, -0.1) is 0 Å². The maximum absolute atomic E-state index is 12.7. The van der Waals surface area contributed by atoms with Crippen molar-refractivity contribution >= 4 is 15.8 Å². The number of aryl methyl sites for hydroxylation is 1. The molecule has 0 aliphatic rings. The van der Waals surface area contributed by atoms with Gasteiger partial charge in [-0.2, -0.15) is 5.10 Å². The second kappa shape index (κ2) is 4.17. The number of aromatic amines is 1. The largest absolute Gasteiger partial charge is 0.281 e. The SMILES string of the molecule is Cc1cc(NS(=O)(=O)c2ccc(F)cc2)n[nH]1. The van der Waals surface area contributed by atoms with Crippen molar-refractivity contribution in [3.63, 3.8) is 0 Å². The number of nitrogens with one attached hydrogen (secondary N) is 2. The number of rotatable bonds is 3. The fourth-order valence-electron chi connectivity index (χ4n) is 1.28. The van der Waals surface area contributed by atoms with Crippen LogP contribution in [0.3, 0.4) is 0 Å². The van der Waals surface area contributed by atoms with Gasteiger partial charge in [0, 0.05) is 11.8 Å². The zero-order chi connectivity index (χ0) is 12.5. The molecule has 1 aromatic heterocycles. The lowest BCUT2D eigenvalue weighted by Crippen LogP contribution is -2.13. The molecule has 17 heavy (non-hydrogen) atoms. The Morgan fingerprint density at radius 2 is 1.94 bits per heavy atom. The first-order valence-corrected chi connectivity index (χ1v) is 6.26. The van der Waals surface area contributed by atoms with Crippen LogP contribution in [0.5, 0.6) is 0 Å². The van der Waals surface area contributed by atoms with Gasteiger partial charge >= 0.3 is 0 Å². The molecule has 2 N–H and O–H groups in total. The Labute approximate surface area is 97.7 Å². The molecule has 0 bridgehead atoms. The summed E-state index contributed by atoms with van der Waals surface area (Å²) in [6, 6.07) is 6.12. The lowest BCUT2D eigenvalue weighted by Gasteiger charge is -2.04. The Bertz CT molecular complexity index is 619. The predicted octanol–water partition coefficient (Wildman–Crippen LogP) is 1.66. The molecule has 1 aromatic carbocycles. The third-order valence-electron chi connectivity index (χ3n) is 2.07. The van der Waals surface area contributed by atoms with Crippen LogP contribution in [0.1, 0.15) is 5.69 Å². The highest BCUT2D eigenvalue weighted by molar-refractivity contribution is 7.92. The van der Waals surface area contributed by atoms with Crippen molar-refractivity contribution in [2.24, 2.45) is 0 Å². The number of nitrogens with zero attached hydrogens (tertiary/aromatic N) is 1. The molecular formula is C10H10FN3O2S. The number of sulfonamides is 1. The van der Waals surface area contributed by atoms with Gasteiger partial charge in [0.2, 0.25) is 0 Å². The molecule has 0 atom stereocenters. The molecule has 0 saturated carbocycles. The van der Waals surface area contributed by atoms with Crippen LogP contribution in [-0.4, -0.2) is 18.6 Å². The molecule has 5 nitrogen and oxygen atoms in total. The number of anilines is 1. The van der Waals surface area contributed by atoms with Gasteiger partial charge in [0.25, 0.3) is 10.0 Å². The second-order valence-corrected chi connectivity index (χ2v) is 5.18. The Morgan fingerprint density at radius 3 is 2.47 bits per heavy atom. The van der Waals surface area contributed by atoms with Crippen LogP contribution >= 0.6 is 0 Å². The minimum Gasteiger partial charge on any atom is -0.281 e. The molecular weight excluding hydrogens is 245 g/mol. The van der Waals surface area contributed by atoms with Crippen molar-refractivity contribution in [3.8, 4) is 0 Å². The van der Waals surface area contributed by atoms with Crippen molar-refractivity contribution in [2.45, 2.75) is 11.8 Å². The summed E-state index contributed by atoms with van der Waals surface area (Å²) >= 11 is 0. The highest BCUT2D eigenvalue weighted by Gasteiger charge is 2.15. The Balaban J connectivity index is 2.28. The van der Waals surface area contributed by atoms with Gasteiger partial charge in [0.15, 0.2) is 5.82 Å². The summed E-state index contributed by atoms with van der Waals surface area (Å²) in [7, 11) is -3.72. The summed E-state index contributed by atoms with van der Waals surface area (Å²) in [5, 5.41) is 6.37. The summed E-state index contributed by atoms with van der Waals surface area (Å²) in [5.41, 5.74) is 0.738. The van der Waals surface area contributed by atoms with E-state index in [0.717, 1.165) is 17.8 Å². The molecule has 0 amide bonds. The molecule has 1 heterocycles. The van der Waals surface area contributed by atoms with Gasteiger partial charge in [-0.1, -0.05) is 0 Å². The predicted molar refractivity (Wildman–Crippen MR) is 60.5 cm³/mol. The van der Waals surface area contributed by atoms with Crippen LogP contribution in [0.2, 0.25) is 0 Å². The number of hydrogen-bond acceptors (Lipinski definition) is 3. The molecule has 90 valence electrons. The van der Waals surface area contributed by atoms with Crippen LogP contribution in [-0.2, 0) is 10.0 Å². The molecule has 0 radical (unpaired) electrons. The Morgan fingerprint density at radius 1 is 1.29 bits per heavy atom. The summed E-state index contributed by atoms with van der Waals surface area (Å²) in [6.45, 7) is 1.75. The number of hydrogen-bond donors (Lipinski definition) is 2. The molecule has 0 fully saturated rings. The molecule has 0 unspecified atom stereocenters. The van der Waals surface area contributed by atoms with Crippen molar-refractivity contribution in [2.75, 3.05) is 4.72 Å². The van der Waals surface area contributed by atoms with E-state index in [-0.39, 0.29) is 10.7 Å². The first-order valence-electron chi connectivity index (χ1n) is 4.78. The van der Waals surface area contributed by atoms with Gasteiger partial charge in [0.1, 0.15) is 5.82 Å². The minimum atomic E-state index is -3.72. The van der Waals surface area contributed by atoms with Crippen LogP contribution in [0, 0.1) is 12.7 Å². The summed E-state index contributed by atoms with van der Waals surface area (Å²) in [6.07, 6.45) is 0. The number of H-pyrrole nitrogens is 1. The zero-order valence-corrected chi connectivity index (χ0v) is 9.75. The topological polar surface area (TPSA) is 74.8 Å². The molecule has 0 spiro atoms. The lowest BCUT2D eigenvalue weighted by atomic mass is 10.4. The average molecular weight is 255 g/mol. The van der Waals surface area contributed by atoms with Gasteiger partial charge in [0.05, 0.1) is 4.90 Å². The van der Waals surface area contributed by atoms with Crippen molar-refractivity contribution < 1.29 is 12.8 Å². The third kappa shape index (κ3) is 2.62. The first kappa shape index (κ1) is 11.6.